The number of ether oxygens (including phenoxy) is 1. The van der Waals surface area contributed by atoms with Crippen LogP contribution in [0.5, 0.6) is 0 Å². The molecular weight excluding hydrogens is 259 g/mol. The topological polar surface area (TPSA) is 102 Å². The second kappa shape index (κ2) is 6.64. The van der Waals surface area contributed by atoms with E-state index < -0.39 is 28.0 Å². The zero-order valence-electron chi connectivity index (χ0n) is 10.2. The maximum atomic E-state index is 13.5. The molecule has 0 fully saturated rings. The number of aromatic carboxylic acids is 1. The normalized spacial score (nSPS) is 10.2. The lowest BCUT2D eigenvalue weighted by Crippen LogP contribution is -2.09. The van der Waals surface area contributed by atoms with Crippen molar-refractivity contribution in [1.29, 1.82) is 0 Å². The standard InChI is InChI=1S/C11H13FN2O5/c1-19-4-2-3-13-9-6-8(12)7(11(15)16)5-10(9)14(17)18/h5-6,13H,2-4H2,1H3,(H,15,16). The third-order valence-electron chi connectivity index (χ3n) is 2.35. The predicted octanol–water partition coefficient (Wildman–Crippen LogP) is 1.88. The van der Waals surface area contributed by atoms with E-state index in [1.165, 1.54) is 7.11 Å². The van der Waals surface area contributed by atoms with Gasteiger partial charge in [0, 0.05) is 32.4 Å². The van der Waals surface area contributed by atoms with Gasteiger partial charge in [-0.2, -0.15) is 0 Å². The Balaban J connectivity index is 2.99. The van der Waals surface area contributed by atoms with E-state index in [0.29, 0.717) is 25.6 Å². The van der Waals surface area contributed by atoms with Crippen molar-refractivity contribution >= 4 is 17.3 Å². The molecule has 0 saturated heterocycles. The lowest BCUT2D eigenvalue weighted by Gasteiger charge is -2.08. The zero-order chi connectivity index (χ0) is 14.4. The number of nitro benzene ring substituents is 1. The van der Waals surface area contributed by atoms with E-state index >= 15 is 0 Å². The molecule has 0 heterocycles. The van der Waals surface area contributed by atoms with Crippen molar-refractivity contribution in [1.82, 2.24) is 0 Å². The molecule has 7 nitrogen and oxygen atoms in total. The summed E-state index contributed by atoms with van der Waals surface area (Å²) in [5, 5.41) is 22.2. The van der Waals surface area contributed by atoms with E-state index in [1.54, 1.807) is 0 Å². The van der Waals surface area contributed by atoms with E-state index in [1.807, 2.05) is 0 Å². The second-order valence-corrected chi connectivity index (χ2v) is 3.68. The molecule has 104 valence electrons. The number of benzene rings is 1. The highest BCUT2D eigenvalue weighted by atomic mass is 19.1. The number of halogens is 1. The Morgan fingerprint density at radius 2 is 2.26 bits per heavy atom. The van der Waals surface area contributed by atoms with Gasteiger partial charge in [0.05, 0.1) is 4.92 Å². The van der Waals surface area contributed by atoms with Gasteiger partial charge in [-0.15, -0.1) is 0 Å². The number of hydrogen-bond donors (Lipinski definition) is 2. The minimum Gasteiger partial charge on any atom is -0.478 e. The maximum Gasteiger partial charge on any atom is 0.338 e. The summed E-state index contributed by atoms with van der Waals surface area (Å²) in [6, 6.07) is 1.52. The first-order valence-electron chi connectivity index (χ1n) is 5.41. The number of rotatable bonds is 7. The van der Waals surface area contributed by atoms with Crippen LogP contribution in [0.2, 0.25) is 0 Å². The van der Waals surface area contributed by atoms with Crippen LogP contribution >= 0.6 is 0 Å². The number of nitrogens with zero attached hydrogens (tertiary/aromatic N) is 1. The van der Waals surface area contributed by atoms with Crippen LogP contribution in [-0.2, 0) is 4.74 Å². The van der Waals surface area contributed by atoms with E-state index in [4.69, 9.17) is 9.84 Å². The van der Waals surface area contributed by atoms with Crippen LogP contribution in [0.4, 0.5) is 15.8 Å². The van der Waals surface area contributed by atoms with Gasteiger partial charge >= 0.3 is 5.97 Å². The molecule has 8 heteroatoms. The number of carboxylic acid groups (broad SMARTS) is 1. The Hall–Kier alpha value is -2.22. The number of carboxylic acids is 1. The molecule has 0 aliphatic rings. The molecule has 0 radical (unpaired) electrons. The predicted molar refractivity (Wildman–Crippen MR) is 65.0 cm³/mol. The first-order chi connectivity index (χ1) is 8.97. The number of hydrogen-bond acceptors (Lipinski definition) is 5. The van der Waals surface area contributed by atoms with Crippen molar-refractivity contribution in [2.75, 3.05) is 25.6 Å². The molecule has 0 amide bonds. The molecule has 0 aliphatic carbocycles. The fraction of sp³-hybridized carbons (Fsp3) is 0.364. The Kier molecular flexibility index (Phi) is 5.19. The SMILES string of the molecule is COCCCNc1cc(F)c(C(=O)O)cc1[N+](=O)[O-]. The Morgan fingerprint density at radius 3 is 2.79 bits per heavy atom. The zero-order valence-corrected chi connectivity index (χ0v) is 10.2. The molecule has 0 aromatic heterocycles. The molecule has 2 N–H and O–H groups in total. The summed E-state index contributed by atoms with van der Waals surface area (Å²) in [6.07, 6.45) is 0.579. The molecule has 0 atom stereocenters. The third-order valence-corrected chi connectivity index (χ3v) is 2.35. The highest BCUT2D eigenvalue weighted by Gasteiger charge is 2.21. The van der Waals surface area contributed by atoms with Crippen molar-refractivity contribution < 1.29 is 24.0 Å². The lowest BCUT2D eigenvalue weighted by molar-refractivity contribution is -0.384. The summed E-state index contributed by atoms with van der Waals surface area (Å²) < 4.78 is 18.3. The smallest absolute Gasteiger partial charge is 0.338 e. The highest BCUT2D eigenvalue weighted by Crippen LogP contribution is 2.27. The van der Waals surface area contributed by atoms with E-state index in [2.05, 4.69) is 5.32 Å². The average Bonchev–Trinajstić information content (AvgIpc) is 2.33. The van der Waals surface area contributed by atoms with Crippen molar-refractivity contribution in [2.24, 2.45) is 0 Å². The Morgan fingerprint density at radius 1 is 1.58 bits per heavy atom. The monoisotopic (exact) mass is 272 g/mol. The minimum atomic E-state index is -1.55. The van der Waals surface area contributed by atoms with Crippen LogP contribution in [0.1, 0.15) is 16.8 Å². The fourth-order valence-electron chi connectivity index (χ4n) is 1.46. The maximum absolute atomic E-state index is 13.5. The van der Waals surface area contributed by atoms with Gasteiger partial charge < -0.3 is 15.2 Å². The van der Waals surface area contributed by atoms with E-state index in [9.17, 15) is 19.3 Å². The quantitative estimate of drug-likeness (QED) is 0.446. The fourth-order valence-corrected chi connectivity index (χ4v) is 1.46. The second-order valence-electron chi connectivity index (χ2n) is 3.68. The van der Waals surface area contributed by atoms with Gasteiger partial charge in [-0.1, -0.05) is 0 Å². The van der Waals surface area contributed by atoms with Gasteiger partial charge in [0.2, 0.25) is 0 Å². The van der Waals surface area contributed by atoms with Crippen LogP contribution in [0.15, 0.2) is 12.1 Å². The number of anilines is 1. The molecule has 0 bridgehead atoms. The van der Waals surface area contributed by atoms with Crippen LogP contribution < -0.4 is 5.32 Å². The Bertz CT molecular complexity index is 492. The largest absolute Gasteiger partial charge is 0.478 e. The molecule has 0 unspecified atom stereocenters. The molecule has 1 rings (SSSR count). The van der Waals surface area contributed by atoms with Crippen LogP contribution in [0, 0.1) is 15.9 Å². The van der Waals surface area contributed by atoms with E-state index in [-0.39, 0.29) is 5.69 Å². The van der Waals surface area contributed by atoms with Crippen LogP contribution in [0.3, 0.4) is 0 Å². The average molecular weight is 272 g/mol. The highest BCUT2D eigenvalue weighted by molar-refractivity contribution is 5.90. The molecule has 0 aliphatic heterocycles. The van der Waals surface area contributed by atoms with Crippen molar-refractivity contribution in [2.45, 2.75) is 6.42 Å². The minimum absolute atomic E-state index is 0.0522. The third kappa shape index (κ3) is 3.88. The first-order valence-corrected chi connectivity index (χ1v) is 5.41. The van der Waals surface area contributed by atoms with Gasteiger partial charge in [-0.05, 0) is 6.42 Å². The summed E-state index contributed by atoms with van der Waals surface area (Å²) in [7, 11) is 1.52. The molecule has 0 saturated carbocycles. The Labute approximate surface area is 108 Å². The molecule has 0 spiro atoms. The van der Waals surface area contributed by atoms with Gasteiger partial charge in [0.15, 0.2) is 0 Å². The summed E-state index contributed by atoms with van der Waals surface area (Å²) in [4.78, 5) is 20.8. The van der Waals surface area contributed by atoms with Crippen molar-refractivity contribution in [3.63, 3.8) is 0 Å². The molecule has 1 aromatic rings. The van der Waals surface area contributed by atoms with Crippen LogP contribution in [-0.4, -0.2) is 36.3 Å². The number of nitro groups is 1. The van der Waals surface area contributed by atoms with Crippen molar-refractivity contribution in [3.8, 4) is 0 Å². The van der Waals surface area contributed by atoms with Crippen molar-refractivity contribution in [3.05, 3.63) is 33.6 Å². The van der Waals surface area contributed by atoms with E-state index in [0.717, 1.165) is 6.07 Å². The number of nitrogens with one attached hydrogen (secondary N) is 1. The number of methoxy groups -OCH3 is 1. The summed E-state index contributed by atoms with van der Waals surface area (Å²) in [5.74, 6) is -2.57. The summed E-state index contributed by atoms with van der Waals surface area (Å²) >= 11 is 0. The molecular formula is C11H13FN2O5. The summed E-state index contributed by atoms with van der Waals surface area (Å²) in [5.41, 5.74) is -1.26. The lowest BCUT2D eigenvalue weighted by atomic mass is 10.1. The van der Waals surface area contributed by atoms with Gasteiger partial charge in [-0.25, -0.2) is 9.18 Å². The van der Waals surface area contributed by atoms with Gasteiger partial charge in [0.25, 0.3) is 5.69 Å². The van der Waals surface area contributed by atoms with Gasteiger partial charge in [0.1, 0.15) is 17.1 Å². The van der Waals surface area contributed by atoms with Crippen LogP contribution in [0.25, 0.3) is 0 Å². The number of carbonyl (C=O) groups is 1. The molecule has 19 heavy (non-hydrogen) atoms. The summed E-state index contributed by atoms with van der Waals surface area (Å²) in [6.45, 7) is 0.803. The first kappa shape index (κ1) is 14.8. The van der Waals surface area contributed by atoms with Gasteiger partial charge in [-0.3, -0.25) is 10.1 Å². The molecule has 1 aromatic carbocycles.